The van der Waals surface area contributed by atoms with E-state index in [1.54, 1.807) is 18.3 Å². The molecule has 104 valence electrons. The number of hydrogen-bond acceptors (Lipinski definition) is 1. The third kappa shape index (κ3) is 5.82. The quantitative estimate of drug-likeness (QED) is 0.483. The Kier molecular flexibility index (Phi) is 5.94. The van der Waals surface area contributed by atoms with E-state index in [9.17, 15) is 4.39 Å². The second-order valence-electron chi connectivity index (χ2n) is 5.66. The molecular weight excluding hydrogens is 237 g/mol. The first-order valence-corrected chi connectivity index (χ1v) is 6.89. The fraction of sp³-hybridized carbons (Fsp3) is 0.471. The van der Waals surface area contributed by atoms with Crippen molar-refractivity contribution in [2.75, 3.05) is 0 Å². The summed E-state index contributed by atoms with van der Waals surface area (Å²) in [6.45, 7) is 10.4. The summed E-state index contributed by atoms with van der Waals surface area (Å²) in [6.07, 6.45) is 7.03. The van der Waals surface area contributed by atoms with Gasteiger partial charge in [-0.05, 0) is 37.0 Å². The molecule has 0 aliphatic carbocycles. The van der Waals surface area contributed by atoms with E-state index in [0.29, 0.717) is 0 Å². The van der Waals surface area contributed by atoms with Crippen LogP contribution in [0.3, 0.4) is 0 Å². The summed E-state index contributed by atoms with van der Waals surface area (Å²) in [4.78, 5) is 4.61. The maximum Gasteiger partial charge on any atom is 0.123 e. The van der Waals surface area contributed by atoms with Gasteiger partial charge in [-0.15, -0.1) is 6.58 Å². The summed E-state index contributed by atoms with van der Waals surface area (Å²) < 4.78 is 12.8. The summed E-state index contributed by atoms with van der Waals surface area (Å²) in [5.74, 6) is 0.496. The number of benzene rings is 1. The van der Waals surface area contributed by atoms with E-state index in [1.807, 2.05) is 6.08 Å². The lowest BCUT2D eigenvalue weighted by atomic mass is 9.93. The van der Waals surface area contributed by atoms with Crippen LogP contribution in [0.25, 0.3) is 0 Å². The van der Waals surface area contributed by atoms with Crippen LogP contribution in [0.2, 0.25) is 0 Å². The number of hydrogen-bond donors (Lipinski definition) is 0. The average molecular weight is 261 g/mol. The Morgan fingerprint density at radius 2 is 1.95 bits per heavy atom. The first kappa shape index (κ1) is 15.6. The lowest BCUT2D eigenvalue weighted by Crippen LogP contribution is -2.18. The van der Waals surface area contributed by atoms with Crippen LogP contribution in [-0.4, -0.2) is 11.8 Å². The van der Waals surface area contributed by atoms with Gasteiger partial charge in [0.05, 0.1) is 5.54 Å². The zero-order valence-corrected chi connectivity index (χ0v) is 12.2. The molecule has 0 saturated heterocycles. The minimum Gasteiger partial charge on any atom is -0.282 e. The molecule has 1 aromatic rings. The van der Waals surface area contributed by atoms with Gasteiger partial charge >= 0.3 is 0 Å². The summed E-state index contributed by atoms with van der Waals surface area (Å²) >= 11 is 0. The largest absolute Gasteiger partial charge is 0.282 e. The van der Waals surface area contributed by atoms with Crippen molar-refractivity contribution in [1.82, 2.24) is 0 Å². The van der Waals surface area contributed by atoms with E-state index in [1.165, 1.54) is 18.6 Å². The molecule has 0 aromatic heterocycles. The highest BCUT2D eigenvalue weighted by Gasteiger charge is 2.17. The SMILES string of the molecule is C=CC(C)(CCCC(C)C)N=Cc1ccc(F)cc1. The van der Waals surface area contributed by atoms with Gasteiger partial charge < -0.3 is 0 Å². The first-order chi connectivity index (χ1) is 8.95. The molecule has 0 saturated carbocycles. The molecule has 1 nitrogen and oxygen atoms in total. The van der Waals surface area contributed by atoms with Crippen molar-refractivity contribution in [1.29, 1.82) is 0 Å². The number of rotatable bonds is 7. The Morgan fingerprint density at radius 3 is 2.47 bits per heavy atom. The molecular formula is C17H24FN. The van der Waals surface area contributed by atoms with Crippen LogP contribution in [0, 0.1) is 11.7 Å². The molecule has 0 amide bonds. The van der Waals surface area contributed by atoms with E-state index in [2.05, 4.69) is 32.3 Å². The normalized spacial score (nSPS) is 14.8. The van der Waals surface area contributed by atoms with Crippen LogP contribution in [-0.2, 0) is 0 Å². The summed E-state index contributed by atoms with van der Waals surface area (Å²) in [6, 6.07) is 6.36. The van der Waals surface area contributed by atoms with Gasteiger partial charge in [0, 0.05) is 6.21 Å². The molecule has 0 fully saturated rings. The van der Waals surface area contributed by atoms with E-state index in [-0.39, 0.29) is 11.4 Å². The molecule has 2 heteroatoms. The molecule has 0 bridgehead atoms. The van der Waals surface area contributed by atoms with E-state index >= 15 is 0 Å². The Hall–Kier alpha value is -1.44. The van der Waals surface area contributed by atoms with Crippen molar-refractivity contribution in [3.63, 3.8) is 0 Å². The average Bonchev–Trinajstić information content (AvgIpc) is 2.38. The zero-order chi connectivity index (χ0) is 14.3. The number of nitrogens with zero attached hydrogens (tertiary/aromatic N) is 1. The third-order valence-corrected chi connectivity index (χ3v) is 3.28. The molecule has 0 aliphatic heterocycles. The fourth-order valence-corrected chi connectivity index (χ4v) is 1.86. The fourth-order valence-electron chi connectivity index (χ4n) is 1.86. The maximum absolute atomic E-state index is 12.8. The zero-order valence-electron chi connectivity index (χ0n) is 12.2. The maximum atomic E-state index is 12.8. The molecule has 0 aliphatic rings. The van der Waals surface area contributed by atoms with Gasteiger partial charge in [0.1, 0.15) is 5.82 Å². The van der Waals surface area contributed by atoms with Gasteiger partial charge in [0.15, 0.2) is 0 Å². The molecule has 1 aromatic carbocycles. The van der Waals surface area contributed by atoms with E-state index in [4.69, 9.17) is 0 Å². The van der Waals surface area contributed by atoms with Gasteiger partial charge in [-0.1, -0.05) is 44.9 Å². The highest BCUT2D eigenvalue weighted by Crippen LogP contribution is 2.21. The van der Waals surface area contributed by atoms with Crippen LogP contribution in [0.4, 0.5) is 4.39 Å². The monoisotopic (exact) mass is 261 g/mol. The van der Waals surface area contributed by atoms with Gasteiger partial charge in [0.2, 0.25) is 0 Å². The number of aliphatic imine (C=N–C) groups is 1. The van der Waals surface area contributed by atoms with Gasteiger partial charge in [0.25, 0.3) is 0 Å². The van der Waals surface area contributed by atoms with Crippen molar-refractivity contribution in [3.8, 4) is 0 Å². The van der Waals surface area contributed by atoms with Crippen molar-refractivity contribution < 1.29 is 4.39 Å². The minimum absolute atomic E-state index is 0.222. The second kappa shape index (κ2) is 7.22. The smallest absolute Gasteiger partial charge is 0.123 e. The van der Waals surface area contributed by atoms with Crippen molar-refractivity contribution >= 4 is 6.21 Å². The first-order valence-electron chi connectivity index (χ1n) is 6.89. The van der Waals surface area contributed by atoms with Crippen molar-refractivity contribution in [2.24, 2.45) is 10.9 Å². The van der Waals surface area contributed by atoms with E-state index < -0.39 is 0 Å². The highest BCUT2D eigenvalue weighted by molar-refractivity contribution is 5.79. The van der Waals surface area contributed by atoms with Crippen LogP contribution in [0.15, 0.2) is 41.9 Å². The predicted molar refractivity (Wildman–Crippen MR) is 81.3 cm³/mol. The predicted octanol–water partition coefficient (Wildman–Crippen LogP) is 5.02. The molecule has 1 rings (SSSR count). The van der Waals surface area contributed by atoms with Gasteiger partial charge in [-0.3, -0.25) is 4.99 Å². The van der Waals surface area contributed by atoms with Gasteiger partial charge in [-0.2, -0.15) is 0 Å². The molecule has 0 N–H and O–H groups in total. The molecule has 0 radical (unpaired) electrons. The van der Waals surface area contributed by atoms with E-state index in [0.717, 1.165) is 24.3 Å². The Balaban J connectivity index is 2.63. The Morgan fingerprint density at radius 1 is 1.32 bits per heavy atom. The topological polar surface area (TPSA) is 12.4 Å². The highest BCUT2D eigenvalue weighted by atomic mass is 19.1. The summed E-state index contributed by atoms with van der Waals surface area (Å²) in [5.41, 5.74) is 0.682. The Bertz CT molecular complexity index is 419. The lowest BCUT2D eigenvalue weighted by molar-refractivity contribution is 0.461. The summed E-state index contributed by atoms with van der Waals surface area (Å²) in [5, 5.41) is 0. The molecule has 0 spiro atoms. The number of halogens is 1. The van der Waals surface area contributed by atoms with Crippen LogP contribution >= 0.6 is 0 Å². The lowest BCUT2D eigenvalue weighted by Gasteiger charge is -2.21. The van der Waals surface area contributed by atoms with Gasteiger partial charge in [-0.25, -0.2) is 4.39 Å². The standard InChI is InChI=1S/C17H24FN/c1-5-17(4,12-6-7-14(2)3)19-13-15-8-10-16(18)11-9-15/h5,8-11,13-14H,1,6-7,12H2,2-4H3. The van der Waals surface area contributed by atoms with Crippen LogP contribution in [0.1, 0.15) is 45.6 Å². The molecule has 1 unspecified atom stereocenters. The molecule has 0 heterocycles. The summed E-state index contributed by atoms with van der Waals surface area (Å²) in [7, 11) is 0. The van der Waals surface area contributed by atoms with Crippen molar-refractivity contribution in [2.45, 2.75) is 45.6 Å². The van der Waals surface area contributed by atoms with Crippen LogP contribution < -0.4 is 0 Å². The van der Waals surface area contributed by atoms with Crippen molar-refractivity contribution in [3.05, 3.63) is 48.3 Å². The second-order valence-corrected chi connectivity index (χ2v) is 5.66. The Labute approximate surface area is 116 Å². The molecule has 1 atom stereocenters. The van der Waals surface area contributed by atoms with Crippen LogP contribution in [0.5, 0.6) is 0 Å². The third-order valence-electron chi connectivity index (χ3n) is 3.28. The molecule has 19 heavy (non-hydrogen) atoms. The minimum atomic E-state index is -0.233.